The second-order valence-corrected chi connectivity index (χ2v) is 4.93. The zero-order valence-electron chi connectivity index (χ0n) is 10.9. The van der Waals surface area contributed by atoms with E-state index in [1.54, 1.807) is 6.07 Å². The number of nitrogens with zero attached hydrogens (tertiary/aromatic N) is 1. The molecule has 0 unspecified atom stereocenters. The van der Waals surface area contributed by atoms with Crippen molar-refractivity contribution in [2.24, 2.45) is 5.16 Å². The van der Waals surface area contributed by atoms with E-state index >= 15 is 0 Å². The number of rotatable bonds is 1. The molecule has 4 nitrogen and oxygen atoms in total. The van der Waals surface area contributed by atoms with Gasteiger partial charge in [-0.15, -0.1) is 0 Å². The molecule has 0 fully saturated rings. The Kier molecular flexibility index (Phi) is 2.79. The first-order chi connectivity index (χ1) is 9.60. The first kappa shape index (κ1) is 12.4. The summed E-state index contributed by atoms with van der Waals surface area (Å²) in [6.07, 6.45) is 0.375. The van der Waals surface area contributed by atoms with Crippen molar-refractivity contribution in [1.82, 2.24) is 0 Å². The number of benzene rings is 2. The molecular weight excluding hydrogens is 254 g/mol. The number of ketones is 1. The van der Waals surface area contributed by atoms with Gasteiger partial charge in [0.05, 0.1) is 0 Å². The van der Waals surface area contributed by atoms with Crippen molar-refractivity contribution < 1.29 is 15.1 Å². The number of Topliss-reactive ketones (excluding diaryl/α,β-unsaturated/α-hetero) is 1. The van der Waals surface area contributed by atoms with Crippen LogP contribution in [0.4, 0.5) is 0 Å². The predicted molar refractivity (Wildman–Crippen MR) is 75.5 cm³/mol. The number of carbonyl (C=O) groups excluding carboxylic acids is 1. The molecule has 2 aromatic rings. The molecule has 0 atom stereocenters. The number of phenols is 1. The summed E-state index contributed by atoms with van der Waals surface area (Å²) in [6.45, 7) is 1.83. The first-order valence-electron chi connectivity index (χ1n) is 6.28. The fourth-order valence-corrected chi connectivity index (χ4v) is 2.45. The third-order valence-corrected chi connectivity index (χ3v) is 3.63. The SMILES string of the molecule is Cc1cc(-c2ccc3c(c2)C(=O)/C(=N\O)C3)ccc1O. The van der Waals surface area contributed by atoms with Crippen LogP contribution >= 0.6 is 0 Å². The second-order valence-electron chi connectivity index (χ2n) is 4.93. The summed E-state index contributed by atoms with van der Waals surface area (Å²) in [7, 11) is 0. The van der Waals surface area contributed by atoms with Crippen LogP contribution in [-0.2, 0) is 6.42 Å². The molecule has 0 radical (unpaired) electrons. The molecule has 0 amide bonds. The average Bonchev–Trinajstić information content (AvgIpc) is 2.78. The Bertz CT molecular complexity index is 747. The smallest absolute Gasteiger partial charge is 0.211 e. The topological polar surface area (TPSA) is 69.9 Å². The van der Waals surface area contributed by atoms with E-state index in [2.05, 4.69) is 5.16 Å². The quantitative estimate of drug-likeness (QED) is 0.616. The lowest BCUT2D eigenvalue weighted by Gasteiger charge is -2.06. The van der Waals surface area contributed by atoms with E-state index in [4.69, 9.17) is 5.21 Å². The highest BCUT2D eigenvalue weighted by atomic mass is 16.4. The molecular formula is C16H13NO3. The highest BCUT2D eigenvalue weighted by molar-refractivity contribution is 6.49. The van der Waals surface area contributed by atoms with E-state index < -0.39 is 0 Å². The Morgan fingerprint density at radius 1 is 1.10 bits per heavy atom. The zero-order chi connectivity index (χ0) is 14.3. The lowest BCUT2D eigenvalue weighted by atomic mass is 9.99. The van der Waals surface area contributed by atoms with Gasteiger partial charge in [0.15, 0.2) is 0 Å². The van der Waals surface area contributed by atoms with Crippen LogP contribution in [0, 0.1) is 6.92 Å². The molecule has 1 aliphatic rings. The van der Waals surface area contributed by atoms with Gasteiger partial charge in [-0.25, -0.2) is 0 Å². The maximum atomic E-state index is 12.0. The van der Waals surface area contributed by atoms with Crippen LogP contribution in [-0.4, -0.2) is 21.8 Å². The Balaban J connectivity index is 2.08. The molecule has 3 rings (SSSR count). The van der Waals surface area contributed by atoms with Crippen molar-refractivity contribution in [1.29, 1.82) is 0 Å². The minimum atomic E-state index is -0.222. The highest BCUT2D eigenvalue weighted by Crippen LogP contribution is 2.29. The van der Waals surface area contributed by atoms with Crippen molar-refractivity contribution in [2.75, 3.05) is 0 Å². The molecule has 0 saturated carbocycles. The lowest BCUT2D eigenvalue weighted by Crippen LogP contribution is -2.06. The van der Waals surface area contributed by atoms with Crippen molar-refractivity contribution >= 4 is 11.5 Å². The molecule has 0 aliphatic heterocycles. The molecule has 4 heteroatoms. The first-order valence-corrected chi connectivity index (χ1v) is 6.28. The summed E-state index contributed by atoms with van der Waals surface area (Å²) in [4.78, 5) is 12.0. The molecule has 0 spiro atoms. The van der Waals surface area contributed by atoms with E-state index in [1.807, 2.05) is 37.3 Å². The van der Waals surface area contributed by atoms with Crippen molar-refractivity contribution in [3.63, 3.8) is 0 Å². The van der Waals surface area contributed by atoms with E-state index in [0.29, 0.717) is 12.0 Å². The fraction of sp³-hybridized carbons (Fsp3) is 0.125. The van der Waals surface area contributed by atoms with Gasteiger partial charge in [0.2, 0.25) is 5.78 Å². The molecule has 2 N–H and O–H groups in total. The number of hydrogen-bond acceptors (Lipinski definition) is 4. The van der Waals surface area contributed by atoms with Crippen LogP contribution in [0.2, 0.25) is 0 Å². The largest absolute Gasteiger partial charge is 0.508 e. The maximum Gasteiger partial charge on any atom is 0.211 e. The number of aromatic hydroxyl groups is 1. The van der Waals surface area contributed by atoms with Crippen molar-refractivity contribution in [2.45, 2.75) is 13.3 Å². The number of oxime groups is 1. The molecule has 0 bridgehead atoms. The van der Waals surface area contributed by atoms with Gasteiger partial charge < -0.3 is 10.3 Å². The Morgan fingerprint density at radius 3 is 2.50 bits per heavy atom. The fourth-order valence-electron chi connectivity index (χ4n) is 2.45. The molecule has 0 heterocycles. The van der Waals surface area contributed by atoms with Gasteiger partial charge in [-0.1, -0.05) is 23.4 Å². The normalized spacial score (nSPS) is 15.7. The second kappa shape index (κ2) is 4.49. The molecule has 1 aliphatic carbocycles. The summed E-state index contributed by atoms with van der Waals surface area (Å²) in [5.41, 5.74) is 4.26. The molecule has 0 aromatic heterocycles. The van der Waals surface area contributed by atoms with Gasteiger partial charge in [0.25, 0.3) is 0 Å². The number of aryl methyl sites for hydroxylation is 1. The van der Waals surface area contributed by atoms with Gasteiger partial charge in [-0.05, 0) is 47.4 Å². The number of carbonyl (C=O) groups is 1. The minimum Gasteiger partial charge on any atom is -0.508 e. The van der Waals surface area contributed by atoms with Crippen LogP contribution in [0.1, 0.15) is 21.5 Å². The summed E-state index contributed by atoms with van der Waals surface area (Å²) in [5, 5.41) is 21.4. The number of phenolic OH excluding ortho intramolecular Hbond substituents is 1. The van der Waals surface area contributed by atoms with Crippen LogP contribution in [0.25, 0.3) is 11.1 Å². The minimum absolute atomic E-state index is 0.180. The van der Waals surface area contributed by atoms with Gasteiger partial charge >= 0.3 is 0 Å². The van der Waals surface area contributed by atoms with E-state index in [0.717, 1.165) is 22.3 Å². The summed E-state index contributed by atoms with van der Waals surface area (Å²) < 4.78 is 0. The summed E-state index contributed by atoms with van der Waals surface area (Å²) in [5.74, 6) is 0.0283. The van der Waals surface area contributed by atoms with E-state index in [-0.39, 0.29) is 17.2 Å². The number of fused-ring (bicyclic) bond motifs is 1. The van der Waals surface area contributed by atoms with Crippen LogP contribution < -0.4 is 0 Å². The third kappa shape index (κ3) is 1.86. The van der Waals surface area contributed by atoms with Gasteiger partial charge in [0.1, 0.15) is 11.5 Å². The standard InChI is InChI=1S/C16H13NO3/c1-9-6-10(4-5-15(9)18)11-2-3-12-8-14(17-20)16(19)13(12)7-11/h2-7,18,20H,8H2,1H3/b17-14-. The predicted octanol–water partition coefficient (Wildman–Crippen LogP) is 2.94. The van der Waals surface area contributed by atoms with Crippen molar-refractivity contribution in [3.8, 4) is 16.9 Å². The zero-order valence-corrected chi connectivity index (χ0v) is 10.9. The van der Waals surface area contributed by atoms with Crippen LogP contribution in [0.5, 0.6) is 5.75 Å². The van der Waals surface area contributed by atoms with Gasteiger partial charge in [-0.2, -0.15) is 0 Å². The monoisotopic (exact) mass is 267 g/mol. The van der Waals surface area contributed by atoms with Crippen molar-refractivity contribution in [3.05, 3.63) is 53.1 Å². The molecule has 20 heavy (non-hydrogen) atoms. The Hall–Kier alpha value is -2.62. The summed E-state index contributed by atoms with van der Waals surface area (Å²) >= 11 is 0. The van der Waals surface area contributed by atoms with Crippen LogP contribution in [0.3, 0.4) is 0 Å². The van der Waals surface area contributed by atoms with Gasteiger partial charge in [-0.3, -0.25) is 4.79 Å². The molecule has 2 aromatic carbocycles. The maximum absolute atomic E-state index is 12.0. The Morgan fingerprint density at radius 2 is 1.80 bits per heavy atom. The van der Waals surface area contributed by atoms with E-state index in [9.17, 15) is 9.90 Å². The lowest BCUT2D eigenvalue weighted by molar-refractivity contribution is 0.106. The number of hydrogen-bond donors (Lipinski definition) is 2. The highest BCUT2D eigenvalue weighted by Gasteiger charge is 2.27. The summed E-state index contributed by atoms with van der Waals surface area (Å²) in [6, 6.07) is 10.9. The average molecular weight is 267 g/mol. The third-order valence-electron chi connectivity index (χ3n) is 3.63. The molecule has 100 valence electrons. The van der Waals surface area contributed by atoms with Gasteiger partial charge in [0, 0.05) is 12.0 Å². The Labute approximate surface area is 116 Å². The molecule has 0 saturated heterocycles. The van der Waals surface area contributed by atoms with E-state index in [1.165, 1.54) is 0 Å². The van der Waals surface area contributed by atoms with Crippen LogP contribution in [0.15, 0.2) is 41.6 Å².